The van der Waals surface area contributed by atoms with Crippen molar-refractivity contribution < 1.29 is 0 Å². The minimum absolute atomic E-state index is 0.426. The normalized spacial score (nSPS) is 21.4. The fourth-order valence-corrected chi connectivity index (χ4v) is 3.84. The Kier molecular flexibility index (Phi) is 3.04. The molecule has 0 amide bonds. The van der Waals surface area contributed by atoms with Crippen molar-refractivity contribution in [3.05, 3.63) is 30.0 Å². The molecule has 1 heterocycles. The van der Waals surface area contributed by atoms with Crippen LogP contribution in [0.15, 0.2) is 24.4 Å². The van der Waals surface area contributed by atoms with Gasteiger partial charge in [-0.2, -0.15) is 0 Å². The summed E-state index contributed by atoms with van der Waals surface area (Å²) in [5, 5.41) is 1.40. The molecule has 2 aromatic rings. The van der Waals surface area contributed by atoms with Crippen LogP contribution >= 0.6 is 0 Å². The van der Waals surface area contributed by atoms with E-state index in [2.05, 4.69) is 71.3 Å². The molecule has 1 aliphatic carbocycles. The first-order valence-corrected chi connectivity index (χ1v) is 7.72. The van der Waals surface area contributed by atoms with Gasteiger partial charge in [-0.1, -0.05) is 63.9 Å². The Morgan fingerprint density at radius 1 is 1.10 bits per heavy atom. The monoisotopic (exact) mass is 266 g/mol. The van der Waals surface area contributed by atoms with Crippen LogP contribution in [-0.2, 0) is 0 Å². The molecule has 1 N–H and O–H groups in total. The summed E-state index contributed by atoms with van der Waals surface area (Å²) >= 11 is 0. The summed E-state index contributed by atoms with van der Waals surface area (Å²) < 4.78 is 0. The Balaban J connectivity index is 1.90. The Morgan fingerprint density at radius 2 is 1.75 bits per heavy atom. The van der Waals surface area contributed by atoms with E-state index in [1.54, 1.807) is 0 Å². The number of H-pyrrole nitrogens is 1. The van der Waals surface area contributed by atoms with Gasteiger partial charge in [-0.3, -0.25) is 0 Å². The second-order valence-corrected chi connectivity index (χ2v) is 7.84. The quantitative estimate of drug-likeness (QED) is 0.773. The zero-order valence-corrected chi connectivity index (χ0v) is 13.4. The summed E-state index contributed by atoms with van der Waals surface area (Å²) in [7, 11) is 2.51. The van der Waals surface area contributed by atoms with Gasteiger partial charge in [0.2, 0.25) is 0 Å². The molecule has 1 fully saturated rings. The lowest BCUT2D eigenvalue weighted by Gasteiger charge is -2.34. The van der Waals surface area contributed by atoms with Gasteiger partial charge in [0.15, 0.2) is 7.28 Å². The summed E-state index contributed by atoms with van der Waals surface area (Å²) in [6.07, 6.45) is 4.70. The molecule has 1 saturated carbocycles. The van der Waals surface area contributed by atoms with Crippen LogP contribution in [0.5, 0.6) is 0 Å². The lowest BCUT2D eigenvalue weighted by Crippen LogP contribution is -2.25. The van der Waals surface area contributed by atoms with Gasteiger partial charge in [0, 0.05) is 11.7 Å². The highest BCUT2D eigenvalue weighted by Crippen LogP contribution is 2.56. The third-order valence-electron chi connectivity index (χ3n) is 5.73. The molecule has 0 bridgehead atoms. The third kappa shape index (κ3) is 2.10. The highest BCUT2D eigenvalue weighted by molar-refractivity contribution is 6.58. The largest absolute Gasteiger partial charge is 0.361 e. The number of fused-ring (bicyclic) bond motifs is 1. The lowest BCUT2D eigenvalue weighted by atomic mass is 9.56. The zero-order valence-electron chi connectivity index (χ0n) is 13.4. The van der Waals surface area contributed by atoms with E-state index < -0.39 is 0 Å². The van der Waals surface area contributed by atoms with Gasteiger partial charge in [0.25, 0.3) is 0 Å². The number of aryl methyl sites for hydroxylation is 1. The molecule has 1 aromatic carbocycles. The van der Waals surface area contributed by atoms with E-state index in [1.807, 2.05) is 0 Å². The molecular formula is C18H25BN. The summed E-state index contributed by atoms with van der Waals surface area (Å²) in [4.78, 5) is 3.37. The number of nitrogens with one attached hydrogen (secondary N) is 1. The van der Waals surface area contributed by atoms with Gasteiger partial charge in [-0.05, 0) is 34.8 Å². The van der Waals surface area contributed by atoms with Crippen molar-refractivity contribution in [2.45, 2.75) is 53.3 Å². The summed E-state index contributed by atoms with van der Waals surface area (Å²) in [5.41, 5.74) is 4.86. The number of benzene rings is 1. The number of rotatable bonds is 2. The maximum Gasteiger partial charge on any atom is 0.155 e. The molecule has 20 heavy (non-hydrogen) atoms. The van der Waals surface area contributed by atoms with Gasteiger partial charge in [-0.15, -0.1) is 0 Å². The van der Waals surface area contributed by atoms with E-state index in [-0.39, 0.29) is 0 Å². The highest BCUT2D eigenvalue weighted by atomic mass is 14.7. The SMILES string of the molecule is Cc1c[nH]c2cccc([B]C3CC(C)(C)C(C)(C)C3)c12. The Bertz CT molecular complexity index is 620. The Labute approximate surface area is 123 Å². The predicted octanol–water partition coefficient (Wildman–Crippen LogP) is 4.44. The van der Waals surface area contributed by atoms with E-state index in [9.17, 15) is 0 Å². The molecule has 3 rings (SSSR count). The summed E-state index contributed by atoms with van der Waals surface area (Å²) in [5.74, 6) is 0.694. The van der Waals surface area contributed by atoms with E-state index in [1.165, 1.54) is 34.8 Å². The first kappa shape index (κ1) is 13.8. The minimum Gasteiger partial charge on any atom is -0.361 e. The maximum absolute atomic E-state index is 3.37. The maximum atomic E-state index is 3.37. The van der Waals surface area contributed by atoms with Gasteiger partial charge < -0.3 is 4.98 Å². The first-order chi connectivity index (χ1) is 9.30. The molecule has 0 atom stereocenters. The van der Waals surface area contributed by atoms with Gasteiger partial charge >= 0.3 is 0 Å². The fourth-order valence-electron chi connectivity index (χ4n) is 3.84. The van der Waals surface area contributed by atoms with Gasteiger partial charge in [-0.25, -0.2) is 0 Å². The first-order valence-electron chi connectivity index (χ1n) is 7.72. The molecule has 0 aliphatic heterocycles. The molecule has 1 aromatic heterocycles. The molecule has 0 saturated heterocycles. The minimum atomic E-state index is 0.426. The van der Waals surface area contributed by atoms with E-state index in [0.29, 0.717) is 16.6 Å². The predicted molar refractivity (Wildman–Crippen MR) is 89.0 cm³/mol. The Hall–Kier alpha value is -1.18. The second kappa shape index (κ2) is 4.41. The molecule has 0 spiro atoms. The van der Waals surface area contributed by atoms with Crippen molar-refractivity contribution in [3.8, 4) is 0 Å². The average molecular weight is 266 g/mol. The molecule has 1 nitrogen and oxygen atoms in total. The van der Waals surface area contributed by atoms with Crippen LogP contribution in [0.1, 0.15) is 46.1 Å². The smallest absolute Gasteiger partial charge is 0.155 e. The average Bonchev–Trinajstić information content (AvgIpc) is 2.79. The molecule has 105 valence electrons. The van der Waals surface area contributed by atoms with Crippen molar-refractivity contribution in [1.82, 2.24) is 4.98 Å². The van der Waals surface area contributed by atoms with Crippen LogP contribution in [-0.4, -0.2) is 12.3 Å². The number of aromatic nitrogens is 1. The summed E-state index contributed by atoms with van der Waals surface area (Å²) in [6.45, 7) is 11.9. The second-order valence-electron chi connectivity index (χ2n) is 7.84. The van der Waals surface area contributed by atoms with Crippen molar-refractivity contribution >= 4 is 23.6 Å². The molecular weight excluding hydrogens is 241 g/mol. The third-order valence-corrected chi connectivity index (χ3v) is 5.73. The number of hydrogen-bond donors (Lipinski definition) is 1. The molecule has 1 aliphatic rings. The van der Waals surface area contributed by atoms with E-state index >= 15 is 0 Å². The fraction of sp³-hybridized carbons (Fsp3) is 0.556. The van der Waals surface area contributed by atoms with Crippen LogP contribution in [0.4, 0.5) is 0 Å². The van der Waals surface area contributed by atoms with Crippen molar-refractivity contribution in [1.29, 1.82) is 0 Å². The van der Waals surface area contributed by atoms with Crippen molar-refractivity contribution in [2.75, 3.05) is 0 Å². The van der Waals surface area contributed by atoms with Crippen LogP contribution in [0.25, 0.3) is 10.9 Å². The van der Waals surface area contributed by atoms with Crippen LogP contribution in [0.3, 0.4) is 0 Å². The molecule has 2 heteroatoms. The molecule has 1 radical (unpaired) electrons. The van der Waals surface area contributed by atoms with Crippen LogP contribution in [0.2, 0.25) is 5.82 Å². The topological polar surface area (TPSA) is 15.8 Å². The lowest BCUT2D eigenvalue weighted by molar-refractivity contribution is 0.157. The highest BCUT2D eigenvalue weighted by Gasteiger charge is 2.46. The van der Waals surface area contributed by atoms with Gasteiger partial charge in [0.05, 0.1) is 0 Å². The van der Waals surface area contributed by atoms with Gasteiger partial charge in [0.1, 0.15) is 0 Å². The van der Waals surface area contributed by atoms with Crippen molar-refractivity contribution in [2.24, 2.45) is 10.8 Å². The Morgan fingerprint density at radius 3 is 2.40 bits per heavy atom. The zero-order chi connectivity index (χ0) is 14.5. The van der Waals surface area contributed by atoms with Crippen molar-refractivity contribution in [3.63, 3.8) is 0 Å². The van der Waals surface area contributed by atoms with Crippen LogP contribution < -0.4 is 5.46 Å². The van der Waals surface area contributed by atoms with E-state index in [4.69, 9.17) is 0 Å². The number of aromatic amines is 1. The standard InChI is InChI=1S/C18H25BN/c1-12-11-20-15-8-6-7-14(16(12)15)19-13-9-17(2,3)18(4,5)10-13/h6-8,11,13,20H,9-10H2,1-5H3. The molecule has 0 unspecified atom stereocenters. The summed E-state index contributed by atoms with van der Waals surface area (Å²) in [6, 6.07) is 6.60. The van der Waals surface area contributed by atoms with Crippen LogP contribution in [0, 0.1) is 17.8 Å². The number of hydrogen-bond acceptors (Lipinski definition) is 0. The van der Waals surface area contributed by atoms with E-state index in [0.717, 1.165) is 0 Å².